The molecule has 0 atom stereocenters. The van der Waals surface area contributed by atoms with Crippen LogP contribution in [0.3, 0.4) is 0 Å². The minimum absolute atomic E-state index is 0.0569. The van der Waals surface area contributed by atoms with Crippen LogP contribution in [0.2, 0.25) is 5.02 Å². The molecule has 92 valence electrons. The lowest BCUT2D eigenvalue weighted by Crippen LogP contribution is -2.54. The molecule has 0 aliphatic heterocycles. The molecule has 1 aromatic carbocycles. The summed E-state index contributed by atoms with van der Waals surface area (Å²) >= 11 is 12.7. The van der Waals surface area contributed by atoms with E-state index >= 15 is 0 Å². The first kappa shape index (κ1) is 13.4. The van der Waals surface area contributed by atoms with Crippen LogP contribution in [0.4, 0.5) is 0 Å². The molecule has 0 bridgehead atoms. The quantitative estimate of drug-likeness (QED) is 0.783. The predicted octanol–water partition coefficient (Wildman–Crippen LogP) is 4.15. The second-order valence-electron chi connectivity index (χ2n) is 4.35. The van der Waals surface area contributed by atoms with E-state index in [2.05, 4.69) is 37.2 Å². The highest BCUT2D eigenvalue weighted by Gasteiger charge is 2.37. The summed E-state index contributed by atoms with van der Waals surface area (Å²) in [5.41, 5.74) is 0.543. The Kier molecular flexibility index (Phi) is 4.16. The maximum Gasteiger partial charge on any atom is 0.251 e. The fourth-order valence-corrected chi connectivity index (χ4v) is 2.97. The van der Waals surface area contributed by atoms with Crippen molar-refractivity contribution < 1.29 is 4.79 Å². The molecule has 0 heterocycles. The van der Waals surface area contributed by atoms with Gasteiger partial charge in [0.05, 0.1) is 10.6 Å². The Labute approximate surface area is 122 Å². The minimum atomic E-state index is -0.0589. The van der Waals surface area contributed by atoms with Gasteiger partial charge in [-0.1, -0.05) is 27.5 Å². The topological polar surface area (TPSA) is 29.1 Å². The molecule has 5 heteroatoms. The van der Waals surface area contributed by atoms with Gasteiger partial charge in [-0.15, -0.1) is 0 Å². The molecule has 0 unspecified atom stereocenters. The van der Waals surface area contributed by atoms with Crippen LogP contribution in [0, 0.1) is 0 Å². The molecular weight excluding hydrogens is 369 g/mol. The number of alkyl halides is 1. The smallest absolute Gasteiger partial charge is 0.251 e. The van der Waals surface area contributed by atoms with Crippen molar-refractivity contribution in [3.8, 4) is 0 Å². The Hall–Kier alpha value is -0.0600. The van der Waals surface area contributed by atoms with Crippen molar-refractivity contribution in [3.63, 3.8) is 0 Å². The zero-order valence-corrected chi connectivity index (χ0v) is 13.0. The third-order valence-corrected chi connectivity index (χ3v) is 5.43. The minimum Gasteiger partial charge on any atom is -0.346 e. The Morgan fingerprint density at radius 1 is 1.47 bits per heavy atom. The van der Waals surface area contributed by atoms with Gasteiger partial charge in [0.15, 0.2) is 0 Å². The van der Waals surface area contributed by atoms with Gasteiger partial charge in [-0.3, -0.25) is 4.79 Å². The first-order chi connectivity index (χ1) is 8.06. The maximum absolute atomic E-state index is 12.1. The second kappa shape index (κ2) is 5.29. The molecule has 0 spiro atoms. The highest BCUT2D eigenvalue weighted by Crippen LogP contribution is 2.34. The molecular formula is C12H12Br2ClNO. The van der Waals surface area contributed by atoms with E-state index in [4.69, 9.17) is 11.6 Å². The average Bonchev–Trinajstić information content (AvgIpc) is 2.27. The Morgan fingerprint density at radius 3 is 2.65 bits per heavy atom. The highest BCUT2D eigenvalue weighted by atomic mass is 79.9. The largest absolute Gasteiger partial charge is 0.346 e. The van der Waals surface area contributed by atoms with Gasteiger partial charge < -0.3 is 5.32 Å². The van der Waals surface area contributed by atoms with Crippen LogP contribution >= 0.6 is 43.5 Å². The van der Waals surface area contributed by atoms with Gasteiger partial charge in [-0.05, 0) is 53.4 Å². The first-order valence-electron chi connectivity index (χ1n) is 5.40. The molecule has 1 aliphatic rings. The molecule has 1 N–H and O–H groups in total. The van der Waals surface area contributed by atoms with Crippen LogP contribution in [-0.2, 0) is 0 Å². The molecule has 1 fully saturated rings. The summed E-state index contributed by atoms with van der Waals surface area (Å²) < 4.78 is 0.801. The number of nitrogens with one attached hydrogen (secondary N) is 1. The maximum atomic E-state index is 12.1. The normalized spacial score (nSPS) is 17.4. The summed E-state index contributed by atoms with van der Waals surface area (Å²) in [6, 6.07) is 5.24. The lowest BCUT2D eigenvalue weighted by atomic mass is 9.78. The predicted molar refractivity (Wildman–Crippen MR) is 77.0 cm³/mol. The van der Waals surface area contributed by atoms with E-state index in [-0.39, 0.29) is 11.4 Å². The SMILES string of the molecule is O=C(NC1(CBr)CCC1)c1ccc(Br)c(Cl)c1. The molecule has 2 rings (SSSR count). The van der Waals surface area contributed by atoms with Crippen LogP contribution in [-0.4, -0.2) is 16.8 Å². The van der Waals surface area contributed by atoms with E-state index in [0.717, 1.165) is 22.6 Å². The van der Waals surface area contributed by atoms with Gasteiger partial charge in [0.1, 0.15) is 0 Å². The number of hydrogen-bond acceptors (Lipinski definition) is 1. The summed E-state index contributed by atoms with van der Waals surface area (Å²) in [5, 5.41) is 4.44. The monoisotopic (exact) mass is 379 g/mol. The number of carbonyl (C=O) groups is 1. The fourth-order valence-electron chi connectivity index (χ4n) is 1.85. The van der Waals surface area contributed by atoms with Gasteiger partial charge in [0, 0.05) is 15.4 Å². The Morgan fingerprint density at radius 2 is 2.18 bits per heavy atom. The molecule has 0 aromatic heterocycles. The highest BCUT2D eigenvalue weighted by molar-refractivity contribution is 9.10. The van der Waals surface area contributed by atoms with Gasteiger partial charge in [0.25, 0.3) is 5.91 Å². The second-order valence-corrected chi connectivity index (χ2v) is 6.17. The molecule has 1 amide bonds. The van der Waals surface area contributed by atoms with E-state index in [1.165, 1.54) is 6.42 Å². The van der Waals surface area contributed by atoms with Crippen LogP contribution < -0.4 is 5.32 Å². The number of benzene rings is 1. The van der Waals surface area contributed by atoms with Crippen molar-refractivity contribution in [1.29, 1.82) is 0 Å². The van der Waals surface area contributed by atoms with Gasteiger partial charge >= 0.3 is 0 Å². The van der Waals surface area contributed by atoms with Crippen molar-refractivity contribution in [3.05, 3.63) is 33.3 Å². The number of halogens is 3. The van der Waals surface area contributed by atoms with Crippen molar-refractivity contribution >= 4 is 49.4 Å². The Balaban J connectivity index is 2.11. The third kappa shape index (κ3) is 2.85. The number of rotatable bonds is 3. The molecule has 0 saturated heterocycles. The lowest BCUT2D eigenvalue weighted by molar-refractivity contribution is 0.0856. The third-order valence-electron chi connectivity index (χ3n) is 3.13. The summed E-state index contributed by atoms with van der Waals surface area (Å²) in [4.78, 5) is 12.1. The van der Waals surface area contributed by atoms with E-state index < -0.39 is 0 Å². The first-order valence-corrected chi connectivity index (χ1v) is 7.69. The summed E-state index contributed by atoms with van der Waals surface area (Å²) in [6.45, 7) is 0. The van der Waals surface area contributed by atoms with Crippen LogP contribution in [0.1, 0.15) is 29.6 Å². The fraction of sp³-hybridized carbons (Fsp3) is 0.417. The van der Waals surface area contributed by atoms with Crippen molar-refractivity contribution in [2.45, 2.75) is 24.8 Å². The van der Waals surface area contributed by atoms with Crippen LogP contribution in [0.15, 0.2) is 22.7 Å². The Bertz CT molecular complexity index is 441. The molecule has 1 aliphatic carbocycles. The average molecular weight is 381 g/mol. The zero-order valence-electron chi connectivity index (χ0n) is 9.10. The van der Waals surface area contributed by atoms with Crippen LogP contribution in [0.25, 0.3) is 0 Å². The van der Waals surface area contributed by atoms with Crippen molar-refractivity contribution in [2.24, 2.45) is 0 Å². The van der Waals surface area contributed by atoms with Crippen molar-refractivity contribution in [1.82, 2.24) is 5.32 Å². The van der Waals surface area contributed by atoms with E-state index in [9.17, 15) is 4.79 Å². The summed E-state index contributed by atoms with van der Waals surface area (Å²) in [5.74, 6) is -0.0569. The summed E-state index contributed by atoms with van der Waals surface area (Å²) in [7, 11) is 0. The lowest BCUT2D eigenvalue weighted by Gasteiger charge is -2.41. The molecule has 1 saturated carbocycles. The summed E-state index contributed by atoms with van der Waals surface area (Å²) in [6.07, 6.45) is 3.25. The molecule has 17 heavy (non-hydrogen) atoms. The van der Waals surface area contributed by atoms with E-state index in [0.29, 0.717) is 10.6 Å². The standard InChI is InChI=1S/C12H12Br2ClNO/c13-7-12(4-1-5-12)16-11(17)8-2-3-9(14)10(15)6-8/h2-3,6H,1,4-5,7H2,(H,16,17). The molecule has 0 radical (unpaired) electrons. The number of hydrogen-bond donors (Lipinski definition) is 1. The number of carbonyl (C=O) groups excluding carboxylic acids is 1. The molecule has 2 nitrogen and oxygen atoms in total. The van der Waals surface area contributed by atoms with Crippen molar-refractivity contribution in [2.75, 3.05) is 5.33 Å². The van der Waals surface area contributed by atoms with Gasteiger partial charge in [-0.25, -0.2) is 0 Å². The van der Waals surface area contributed by atoms with Gasteiger partial charge in [0.2, 0.25) is 0 Å². The van der Waals surface area contributed by atoms with Gasteiger partial charge in [-0.2, -0.15) is 0 Å². The van der Waals surface area contributed by atoms with Crippen LogP contribution in [0.5, 0.6) is 0 Å². The molecule has 1 aromatic rings. The van der Waals surface area contributed by atoms with E-state index in [1.54, 1.807) is 18.2 Å². The zero-order chi connectivity index (χ0) is 12.5. The van der Waals surface area contributed by atoms with E-state index in [1.807, 2.05) is 0 Å². The number of amides is 1.